The summed E-state index contributed by atoms with van der Waals surface area (Å²) in [7, 11) is 0. The van der Waals surface area contributed by atoms with Gasteiger partial charge in [-0.15, -0.1) is 0 Å². The molecule has 7 nitrogen and oxygen atoms in total. The monoisotopic (exact) mass is 386 g/mol. The molecular weight excluding hydrogens is 364 g/mol. The van der Waals surface area contributed by atoms with Gasteiger partial charge in [0.05, 0.1) is 6.61 Å². The molecule has 2 aromatic carbocycles. The standard InChI is InChI=1S/C21H22O7/c22-12-17-18(24)19(25)20(26)21(28-17)27-15-9-6-13(7-10-15)8-11-16(23)14-4-2-1-3-5-14/h1-11,17-22,24-26H,12H2/b11-8+. The van der Waals surface area contributed by atoms with Gasteiger partial charge in [0, 0.05) is 5.56 Å². The Kier molecular flexibility index (Phi) is 6.56. The van der Waals surface area contributed by atoms with Crippen LogP contribution in [0.25, 0.3) is 6.08 Å². The number of ether oxygens (including phenoxy) is 2. The average Bonchev–Trinajstić information content (AvgIpc) is 2.74. The van der Waals surface area contributed by atoms with E-state index in [4.69, 9.17) is 9.47 Å². The van der Waals surface area contributed by atoms with Gasteiger partial charge in [0.15, 0.2) is 5.78 Å². The number of ketones is 1. The molecule has 0 bridgehead atoms. The van der Waals surface area contributed by atoms with Crippen molar-refractivity contribution < 1.29 is 34.7 Å². The van der Waals surface area contributed by atoms with E-state index in [9.17, 15) is 25.2 Å². The summed E-state index contributed by atoms with van der Waals surface area (Å²) in [6.07, 6.45) is -3.53. The van der Waals surface area contributed by atoms with Crippen molar-refractivity contribution in [2.75, 3.05) is 6.61 Å². The van der Waals surface area contributed by atoms with Crippen LogP contribution >= 0.6 is 0 Å². The number of rotatable bonds is 6. The third-order valence-corrected chi connectivity index (χ3v) is 4.47. The molecule has 0 amide bonds. The molecule has 1 fully saturated rings. The summed E-state index contributed by atoms with van der Waals surface area (Å²) in [5, 5.41) is 38.8. The molecule has 1 heterocycles. The van der Waals surface area contributed by atoms with Crippen LogP contribution in [0.4, 0.5) is 0 Å². The Morgan fingerprint density at radius 2 is 1.64 bits per heavy atom. The van der Waals surface area contributed by atoms with Gasteiger partial charge in [0.2, 0.25) is 6.29 Å². The molecule has 5 unspecified atom stereocenters. The molecule has 28 heavy (non-hydrogen) atoms. The molecule has 1 saturated heterocycles. The lowest BCUT2D eigenvalue weighted by molar-refractivity contribution is -0.277. The first-order chi connectivity index (χ1) is 13.5. The maximum absolute atomic E-state index is 12.1. The highest BCUT2D eigenvalue weighted by Gasteiger charge is 2.44. The Labute approximate surface area is 162 Å². The van der Waals surface area contributed by atoms with Gasteiger partial charge in [-0.1, -0.05) is 48.5 Å². The van der Waals surface area contributed by atoms with E-state index in [1.807, 2.05) is 6.07 Å². The molecule has 5 atom stereocenters. The van der Waals surface area contributed by atoms with Crippen molar-refractivity contribution in [3.63, 3.8) is 0 Å². The van der Waals surface area contributed by atoms with Crippen LogP contribution in [0, 0.1) is 0 Å². The molecule has 0 spiro atoms. The molecule has 3 rings (SSSR count). The highest BCUT2D eigenvalue weighted by molar-refractivity contribution is 6.06. The summed E-state index contributed by atoms with van der Waals surface area (Å²) in [6.45, 7) is -0.524. The van der Waals surface area contributed by atoms with Gasteiger partial charge < -0.3 is 29.9 Å². The minimum Gasteiger partial charge on any atom is -0.462 e. The Hall–Kier alpha value is -2.55. The van der Waals surface area contributed by atoms with E-state index in [0.29, 0.717) is 11.3 Å². The molecule has 0 aliphatic carbocycles. The number of benzene rings is 2. The summed E-state index contributed by atoms with van der Waals surface area (Å²) >= 11 is 0. The van der Waals surface area contributed by atoms with Gasteiger partial charge in [-0.25, -0.2) is 0 Å². The van der Waals surface area contributed by atoms with Gasteiger partial charge >= 0.3 is 0 Å². The van der Waals surface area contributed by atoms with Crippen LogP contribution < -0.4 is 4.74 Å². The number of carbonyl (C=O) groups excluding carboxylic acids is 1. The van der Waals surface area contributed by atoms with Gasteiger partial charge in [-0.2, -0.15) is 0 Å². The van der Waals surface area contributed by atoms with Crippen LogP contribution in [0.3, 0.4) is 0 Å². The van der Waals surface area contributed by atoms with Crippen molar-refractivity contribution in [3.05, 3.63) is 71.8 Å². The highest BCUT2D eigenvalue weighted by atomic mass is 16.7. The lowest BCUT2D eigenvalue weighted by Gasteiger charge is -2.39. The van der Waals surface area contributed by atoms with Crippen LogP contribution in [-0.2, 0) is 4.74 Å². The second-order valence-electron chi connectivity index (χ2n) is 6.45. The van der Waals surface area contributed by atoms with Gasteiger partial charge in [0.1, 0.15) is 30.2 Å². The van der Waals surface area contributed by atoms with E-state index in [1.165, 1.54) is 6.08 Å². The van der Waals surface area contributed by atoms with E-state index < -0.39 is 37.3 Å². The predicted octanol–water partition coefficient (Wildman–Crippen LogP) is 0.761. The van der Waals surface area contributed by atoms with Gasteiger partial charge in [-0.05, 0) is 23.8 Å². The Balaban J connectivity index is 1.63. The summed E-state index contributed by atoms with van der Waals surface area (Å²) in [5.41, 5.74) is 1.37. The topological polar surface area (TPSA) is 116 Å². The van der Waals surface area contributed by atoms with Crippen molar-refractivity contribution >= 4 is 11.9 Å². The maximum Gasteiger partial charge on any atom is 0.229 e. The Morgan fingerprint density at radius 1 is 0.964 bits per heavy atom. The van der Waals surface area contributed by atoms with Crippen LogP contribution in [0.15, 0.2) is 60.7 Å². The fourth-order valence-electron chi connectivity index (χ4n) is 2.83. The number of allylic oxidation sites excluding steroid dienone is 1. The summed E-state index contributed by atoms with van der Waals surface area (Å²) in [5.74, 6) is 0.248. The minimum absolute atomic E-state index is 0.109. The van der Waals surface area contributed by atoms with Crippen LogP contribution in [-0.4, -0.2) is 63.5 Å². The second-order valence-corrected chi connectivity index (χ2v) is 6.45. The quantitative estimate of drug-likeness (QED) is 0.428. The summed E-state index contributed by atoms with van der Waals surface area (Å²) in [4.78, 5) is 12.1. The number of aliphatic hydroxyl groups is 4. The van der Waals surface area contributed by atoms with Crippen LogP contribution in [0.1, 0.15) is 15.9 Å². The smallest absolute Gasteiger partial charge is 0.229 e. The number of aliphatic hydroxyl groups excluding tert-OH is 4. The molecule has 1 aliphatic rings. The molecule has 2 aromatic rings. The zero-order valence-electron chi connectivity index (χ0n) is 15.0. The molecule has 0 radical (unpaired) electrons. The summed E-state index contributed by atoms with van der Waals surface area (Å²) in [6, 6.07) is 15.6. The predicted molar refractivity (Wildman–Crippen MR) is 101 cm³/mol. The zero-order chi connectivity index (χ0) is 20.1. The largest absolute Gasteiger partial charge is 0.462 e. The van der Waals surface area contributed by atoms with Crippen molar-refractivity contribution in [2.45, 2.75) is 30.7 Å². The van der Waals surface area contributed by atoms with Crippen molar-refractivity contribution in [2.24, 2.45) is 0 Å². The van der Waals surface area contributed by atoms with Crippen molar-refractivity contribution in [1.29, 1.82) is 0 Å². The van der Waals surface area contributed by atoms with Crippen molar-refractivity contribution in [3.8, 4) is 5.75 Å². The molecule has 0 saturated carbocycles. The van der Waals surface area contributed by atoms with Crippen LogP contribution in [0.5, 0.6) is 5.75 Å². The molecule has 7 heteroatoms. The lowest BCUT2D eigenvalue weighted by Crippen LogP contribution is -2.60. The third-order valence-electron chi connectivity index (χ3n) is 4.47. The Morgan fingerprint density at radius 3 is 2.29 bits per heavy atom. The lowest BCUT2D eigenvalue weighted by atomic mass is 9.99. The molecule has 148 valence electrons. The molecular formula is C21H22O7. The van der Waals surface area contributed by atoms with E-state index >= 15 is 0 Å². The fourth-order valence-corrected chi connectivity index (χ4v) is 2.83. The fraction of sp³-hybridized carbons (Fsp3) is 0.286. The highest BCUT2D eigenvalue weighted by Crippen LogP contribution is 2.24. The minimum atomic E-state index is -1.50. The number of carbonyl (C=O) groups is 1. The summed E-state index contributed by atoms with van der Waals surface area (Å²) < 4.78 is 10.8. The average molecular weight is 386 g/mol. The molecule has 4 N–H and O–H groups in total. The first-order valence-electron chi connectivity index (χ1n) is 8.84. The number of hydrogen-bond donors (Lipinski definition) is 4. The second kappa shape index (κ2) is 9.09. The number of hydrogen-bond acceptors (Lipinski definition) is 7. The zero-order valence-corrected chi connectivity index (χ0v) is 15.0. The maximum atomic E-state index is 12.1. The molecule has 0 aromatic heterocycles. The third kappa shape index (κ3) is 4.64. The first kappa shape index (κ1) is 20.2. The SMILES string of the molecule is O=C(/C=C/c1ccc(OC2OC(CO)C(O)C(O)C2O)cc1)c1ccccc1. The van der Waals surface area contributed by atoms with E-state index in [2.05, 4.69) is 0 Å². The first-order valence-corrected chi connectivity index (χ1v) is 8.84. The van der Waals surface area contributed by atoms with Crippen molar-refractivity contribution in [1.82, 2.24) is 0 Å². The normalized spacial score (nSPS) is 27.6. The van der Waals surface area contributed by atoms with Gasteiger partial charge in [0.25, 0.3) is 0 Å². The van der Waals surface area contributed by atoms with Crippen LogP contribution in [0.2, 0.25) is 0 Å². The van der Waals surface area contributed by atoms with E-state index in [0.717, 1.165) is 5.56 Å². The van der Waals surface area contributed by atoms with Gasteiger partial charge in [-0.3, -0.25) is 4.79 Å². The molecule has 1 aliphatic heterocycles. The van der Waals surface area contributed by atoms with E-state index in [1.54, 1.807) is 54.6 Å². The Bertz CT molecular complexity index is 801. The van der Waals surface area contributed by atoms with E-state index in [-0.39, 0.29) is 5.78 Å².